The summed E-state index contributed by atoms with van der Waals surface area (Å²) in [6.07, 6.45) is -0.504. The van der Waals surface area contributed by atoms with Crippen LogP contribution < -0.4 is 10.1 Å². The minimum atomic E-state index is -0.504. The summed E-state index contributed by atoms with van der Waals surface area (Å²) in [7, 11) is 1.62. The van der Waals surface area contributed by atoms with Crippen LogP contribution in [0.1, 0.15) is 6.92 Å². The topological polar surface area (TPSA) is 50.7 Å². The molecule has 1 unspecified atom stereocenters. The number of nitrogens with one attached hydrogen (secondary N) is 1. The third-order valence-corrected chi connectivity index (χ3v) is 2.83. The summed E-state index contributed by atoms with van der Waals surface area (Å²) in [4.78, 5) is 0. The quantitative estimate of drug-likeness (QED) is 0.811. The lowest BCUT2D eigenvalue weighted by molar-refractivity contribution is 0.0496. The van der Waals surface area contributed by atoms with Gasteiger partial charge < -0.3 is 19.9 Å². The van der Waals surface area contributed by atoms with E-state index in [-0.39, 0.29) is 0 Å². The van der Waals surface area contributed by atoms with E-state index in [1.54, 1.807) is 7.11 Å². The van der Waals surface area contributed by atoms with Gasteiger partial charge in [-0.1, -0.05) is 0 Å². The van der Waals surface area contributed by atoms with Crippen LogP contribution in [0.3, 0.4) is 0 Å². The van der Waals surface area contributed by atoms with E-state index in [0.717, 1.165) is 15.9 Å². The van der Waals surface area contributed by atoms with Crippen molar-refractivity contribution in [1.82, 2.24) is 0 Å². The Morgan fingerprint density at radius 1 is 1.47 bits per heavy atom. The third-order valence-electron chi connectivity index (χ3n) is 2.21. The highest BCUT2D eigenvalue weighted by Gasteiger charge is 2.05. The number of aliphatic hydroxyl groups is 1. The minimum absolute atomic E-state index is 0.348. The minimum Gasteiger partial charge on any atom is -0.496 e. The molecular weight excluding hydrogens is 286 g/mol. The molecule has 4 nitrogen and oxygen atoms in total. The Balaban J connectivity index is 2.44. The van der Waals surface area contributed by atoms with E-state index in [2.05, 4.69) is 21.2 Å². The molecule has 0 amide bonds. The third kappa shape index (κ3) is 4.93. The number of methoxy groups -OCH3 is 1. The summed E-state index contributed by atoms with van der Waals surface area (Å²) in [6.45, 7) is 3.32. The molecule has 96 valence electrons. The molecule has 0 aliphatic heterocycles. The fraction of sp³-hybridized carbons (Fsp3) is 0.500. The number of halogens is 1. The van der Waals surface area contributed by atoms with Gasteiger partial charge in [0, 0.05) is 18.8 Å². The largest absolute Gasteiger partial charge is 0.496 e. The molecule has 0 fully saturated rings. The maximum Gasteiger partial charge on any atom is 0.133 e. The van der Waals surface area contributed by atoms with Crippen molar-refractivity contribution < 1.29 is 14.6 Å². The van der Waals surface area contributed by atoms with Gasteiger partial charge in [0.05, 0.1) is 24.3 Å². The van der Waals surface area contributed by atoms with Crippen molar-refractivity contribution in [1.29, 1.82) is 0 Å². The Morgan fingerprint density at radius 2 is 2.24 bits per heavy atom. The van der Waals surface area contributed by atoms with Gasteiger partial charge in [-0.2, -0.15) is 0 Å². The average molecular weight is 304 g/mol. The molecular formula is C12H18BrNO3. The highest BCUT2D eigenvalue weighted by molar-refractivity contribution is 9.10. The number of rotatable bonds is 7. The van der Waals surface area contributed by atoms with Gasteiger partial charge in [-0.25, -0.2) is 0 Å². The molecule has 5 heteroatoms. The van der Waals surface area contributed by atoms with Crippen molar-refractivity contribution in [2.45, 2.75) is 13.0 Å². The van der Waals surface area contributed by atoms with Crippen LogP contribution in [0.2, 0.25) is 0 Å². The van der Waals surface area contributed by atoms with Crippen LogP contribution in [0, 0.1) is 0 Å². The lowest BCUT2D eigenvalue weighted by atomic mass is 10.3. The molecule has 1 atom stereocenters. The van der Waals surface area contributed by atoms with Crippen molar-refractivity contribution in [2.75, 3.05) is 32.2 Å². The molecule has 0 aliphatic carbocycles. The molecule has 1 aromatic carbocycles. The van der Waals surface area contributed by atoms with Crippen LogP contribution in [-0.2, 0) is 4.74 Å². The fourth-order valence-corrected chi connectivity index (χ4v) is 1.87. The van der Waals surface area contributed by atoms with Crippen molar-refractivity contribution in [2.24, 2.45) is 0 Å². The highest BCUT2D eigenvalue weighted by atomic mass is 79.9. The zero-order valence-electron chi connectivity index (χ0n) is 10.1. The van der Waals surface area contributed by atoms with E-state index >= 15 is 0 Å². The van der Waals surface area contributed by atoms with Gasteiger partial charge in [-0.05, 0) is 41.1 Å². The van der Waals surface area contributed by atoms with Crippen molar-refractivity contribution in [3.8, 4) is 5.75 Å². The average Bonchev–Trinajstić information content (AvgIpc) is 2.34. The number of hydrogen-bond donors (Lipinski definition) is 2. The van der Waals surface area contributed by atoms with Crippen LogP contribution >= 0.6 is 15.9 Å². The van der Waals surface area contributed by atoms with Crippen LogP contribution in [0.5, 0.6) is 5.75 Å². The van der Waals surface area contributed by atoms with E-state index < -0.39 is 6.10 Å². The maximum atomic E-state index is 9.59. The molecule has 0 saturated heterocycles. The monoisotopic (exact) mass is 303 g/mol. The van der Waals surface area contributed by atoms with E-state index in [1.807, 2.05) is 25.1 Å². The van der Waals surface area contributed by atoms with Gasteiger partial charge in [-0.3, -0.25) is 0 Å². The molecule has 0 spiro atoms. The van der Waals surface area contributed by atoms with Crippen LogP contribution in [0.15, 0.2) is 22.7 Å². The summed E-state index contributed by atoms with van der Waals surface area (Å²) in [5.41, 5.74) is 0.924. The maximum absolute atomic E-state index is 9.59. The molecule has 1 rings (SSSR count). The van der Waals surface area contributed by atoms with E-state index in [4.69, 9.17) is 9.47 Å². The summed E-state index contributed by atoms with van der Waals surface area (Å²) >= 11 is 3.40. The summed E-state index contributed by atoms with van der Waals surface area (Å²) in [5.74, 6) is 0.783. The summed E-state index contributed by atoms with van der Waals surface area (Å²) < 4.78 is 11.1. The molecule has 0 aromatic heterocycles. The first-order valence-electron chi connectivity index (χ1n) is 5.50. The SMILES string of the molecule is CCOCC(O)CNc1ccc(OC)c(Br)c1. The Morgan fingerprint density at radius 3 is 2.82 bits per heavy atom. The van der Waals surface area contributed by atoms with Gasteiger partial charge in [0.1, 0.15) is 5.75 Å². The van der Waals surface area contributed by atoms with Gasteiger partial charge in [0.15, 0.2) is 0 Å². The standard InChI is InChI=1S/C12H18BrNO3/c1-3-17-8-10(15)7-14-9-4-5-12(16-2)11(13)6-9/h4-6,10,14-15H,3,7-8H2,1-2H3. The Hall–Kier alpha value is -0.780. The molecule has 1 aromatic rings. The zero-order valence-corrected chi connectivity index (χ0v) is 11.7. The fourth-order valence-electron chi connectivity index (χ4n) is 1.32. The van der Waals surface area contributed by atoms with Gasteiger partial charge in [0.2, 0.25) is 0 Å². The number of benzene rings is 1. The van der Waals surface area contributed by atoms with Gasteiger partial charge in [0.25, 0.3) is 0 Å². The molecule has 0 bridgehead atoms. The molecule has 2 N–H and O–H groups in total. The molecule has 0 saturated carbocycles. The lowest BCUT2D eigenvalue weighted by Crippen LogP contribution is -2.24. The van der Waals surface area contributed by atoms with Crippen molar-refractivity contribution in [3.63, 3.8) is 0 Å². The van der Waals surface area contributed by atoms with E-state index in [9.17, 15) is 5.11 Å². The van der Waals surface area contributed by atoms with E-state index in [0.29, 0.717) is 19.8 Å². The second kappa shape index (κ2) is 7.53. The predicted molar refractivity (Wildman–Crippen MR) is 71.7 cm³/mol. The van der Waals surface area contributed by atoms with Gasteiger partial charge in [-0.15, -0.1) is 0 Å². The predicted octanol–water partition coefficient (Wildman–Crippen LogP) is 2.27. The normalized spacial score (nSPS) is 12.2. The van der Waals surface area contributed by atoms with Crippen molar-refractivity contribution >= 4 is 21.6 Å². The highest BCUT2D eigenvalue weighted by Crippen LogP contribution is 2.27. The van der Waals surface area contributed by atoms with Crippen LogP contribution in [-0.4, -0.2) is 38.1 Å². The number of ether oxygens (including phenoxy) is 2. The Labute approximate surface area is 110 Å². The van der Waals surface area contributed by atoms with Crippen molar-refractivity contribution in [3.05, 3.63) is 22.7 Å². The summed E-state index contributed by atoms with van der Waals surface area (Å²) in [5, 5.41) is 12.7. The van der Waals surface area contributed by atoms with Crippen LogP contribution in [0.4, 0.5) is 5.69 Å². The second-order valence-corrected chi connectivity index (χ2v) is 4.40. The molecule has 17 heavy (non-hydrogen) atoms. The molecule has 0 heterocycles. The number of anilines is 1. The van der Waals surface area contributed by atoms with Crippen LogP contribution in [0.25, 0.3) is 0 Å². The first-order chi connectivity index (χ1) is 8.17. The summed E-state index contributed by atoms with van der Waals surface area (Å²) in [6, 6.07) is 5.67. The zero-order chi connectivity index (χ0) is 12.7. The first kappa shape index (κ1) is 14.3. The second-order valence-electron chi connectivity index (χ2n) is 3.54. The first-order valence-corrected chi connectivity index (χ1v) is 6.30. The smallest absolute Gasteiger partial charge is 0.133 e. The number of aliphatic hydroxyl groups excluding tert-OH is 1. The molecule has 0 aliphatic rings. The van der Waals surface area contributed by atoms with Gasteiger partial charge >= 0.3 is 0 Å². The Bertz CT molecular complexity index is 347. The van der Waals surface area contributed by atoms with E-state index in [1.165, 1.54) is 0 Å². The molecule has 0 radical (unpaired) electrons. The Kier molecular flexibility index (Phi) is 6.32. The number of hydrogen-bond acceptors (Lipinski definition) is 4. The lowest BCUT2D eigenvalue weighted by Gasteiger charge is -2.13.